The summed E-state index contributed by atoms with van der Waals surface area (Å²) in [6.07, 6.45) is 0. The van der Waals surface area contributed by atoms with E-state index in [-0.39, 0.29) is 21.3 Å². The Kier molecular flexibility index (Phi) is 3.17. The molecule has 2 aromatic carbocycles. The van der Waals surface area contributed by atoms with Crippen molar-refractivity contribution in [3.63, 3.8) is 0 Å². The lowest BCUT2D eigenvalue weighted by Gasteiger charge is -2.21. The topological polar surface area (TPSA) is 80.7 Å². The van der Waals surface area contributed by atoms with Crippen LogP contribution < -0.4 is 4.74 Å². The summed E-state index contributed by atoms with van der Waals surface area (Å²) in [5.74, 6) is -2.48. The first kappa shape index (κ1) is 14.5. The molecule has 114 valence electrons. The first-order valence-electron chi connectivity index (χ1n) is 6.40. The number of rotatable bonds is 2. The predicted molar refractivity (Wildman–Crippen MR) is 74.4 cm³/mol. The molecule has 5 nitrogen and oxygen atoms in total. The van der Waals surface area contributed by atoms with Crippen molar-refractivity contribution in [2.75, 3.05) is 0 Å². The van der Waals surface area contributed by atoms with E-state index in [1.54, 1.807) is 0 Å². The summed E-state index contributed by atoms with van der Waals surface area (Å²) in [6, 6.07) is 7.42. The maximum Gasteiger partial charge on any atom is 0.310 e. The van der Waals surface area contributed by atoms with Gasteiger partial charge < -0.3 is 9.84 Å². The molecule has 1 N–H and O–H groups in total. The van der Waals surface area contributed by atoms with E-state index in [1.807, 2.05) is 0 Å². The molecule has 0 aliphatic carbocycles. The maximum absolute atomic E-state index is 13.3. The van der Waals surface area contributed by atoms with Crippen LogP contribution in [0.4, 0.5) is 4.39 Å². The van der Waals surface area contributed by atoms with Gasteiger partial charge in [0.1, 0.15) is 27.1 Å². The second-order valence-electron chi connectivity index (χ2n) is 4.96. The van der Waals surface area contributed by atoms with Crippen LogP contribution in [0.2, 0.25) is 0 Å². The number of carbonyl (C=O) groups is 1. The van der Waals surface area contributed by atoms with Crippen LogP contribution >= 0.6 is 0 Å². The molecule has 1 aliphatic heterocycles. The molecular weight excluding hydrogens is 311 g/mol. The van der Waals surface area contributed by atoms with Crippen LogP contribution in [0.1, 0.15) is 18.4 Å². The maximum atomic E-state index is 13.3. The van der Waals surface area contributed by atoms with Crippen LogP contribution in [0.25, 0.3) is 0 Å². The van der Waals surface area contributed by atoms with Crippen LogP contribution in [0.15, 0.2) is 46.2 Å². The number of sulfone groups is 1. The van der Waals surface area contributed by atoms with Gasteiger partial charge in [0.2, 0.25) is 9.84 Å². The van der Waals surface area contributed by atoms with E-state index in [0.29, 0.717) is 5.56 Å². The van der Waals surface area contributed by atoms with Crippen molar-refractivity contribution in [1.82, 2.24) is 0 Å². The normalized spacial score (nSPS) is 16.1. The van der Waals surface area contributed by atoms with E-state index in [2.05, 4.69) is 0 Å². The molecule has 22 heavy (non-hydrogen) atoms. The zero-order valence-electron chi connectivity index (χ0n) is 11.4. The van der Waals surface area contributed by atoms with Crippen molar-refractivity contribution in [3.8, 4) is 11.5 Å². The van der Waals surface area contributed by atoms with Gasteiger partial charge in [0, 0.05) is 0 Å². The average molecular weight is 322 g/mol. The molecule has 1 heterocycles. The summed E-state index contributed by atoms with van der Waals surface area (Å²) in [7, 11) is -3.96. The lowest BCUT2D eigenvalue weighted by atomic mass is 10.0. The molecule has 2 aromatic rings. The minimum absolute atomic E-state index is 0.0490. The monoisotopic (exact) mass is 322 g/mol. The predicted octanol–water partition coefficient (Wildman–Crippen LogP) is 2.95. The smallest absolute Gasteiger partial charge is 0.310 e. The standard InChI is InChI=1S/C15H11FO5S/c1-8(15(17)18)9-2-4-11-13(6-9)22(19,20)14-7-10(16)3-5-12(14)21-11/h2-8H,1H3,(H,17,18). The van der Waals surface area contributed by atoms with Gasteiger partial charge in [0.25, 0.3) is 0 Å². The Balaban J connectivity index is 2.20. The number of hydrogen-bond acceptors (Lipinski definition) is 4. The zero-order chi connectivity index (χ0) is 16.1. The van der Waals surface area contributed by atoms with Crippen molar-refractivity contribution < 1.29 is 27.4 Å². The van der Waals surface area contributed by atoms with Gasteiger partial charge in [-0.25, -0.2) is 12.8 Å². The summed E-state index contributed by atoms with van der Waals surface area (Å²) in [5.41, 5.74) is 0.332. The van der Waals surface area contributed by atoms with E-state index in [0.717, 1.165) is 12.1 Å². The average Bonchev–Trinajstić information content (AvgIpc) is 2.47. The zero-order valence-corrected chi connectivity index (χ0v) is 12.2. The Morgan fingerprint density at radius 3 is 2.36 bits per heavy atom. The highest BCUT2D eigenvalue weighted by molar-refractivity contribution is 7.91. The fraction of sp³-hybridized carbons (Fsp3) is 0.133. The molecular formula is C15H11FO5S. The third-order valence-corrected chi connectivity index (χ3v) is 5.34. The van der Waals surface area contributed by atoms with Crippen molar-refractivity contribution in [2.24, 2.45) is 0 Å². The molecule has 0 saturated heterocycles. The van der Waals surface area contributed by atoms with E-state index in [4.69, 9.17) is 9.84 Å². The van der Waals surface area contributed by atoms with Crippen LogP contribution in [0.5, 0.6) is 11.5 Å². The number of hydrogen-bond donors (Lipinski definition) is 1. The van der Waals surface area contributed by atoms with E-state index < -0.39 is 27.5 Å². The molecule has 0 aromatic heterocycles. The lowest BCUT2D eigenvalue weighted by molar-refractivity contribution is -0.138. The van der Waals surface area contributed by atoms with Gasteiger partial charge in [-0.3, -0.25) is 4.79 Å². The molecule has 0 saturated carbocycles. The quantitative estimate of drug-likeness (QED) is 0.784. The summed E-state index contributed by atoms with van der Waals surface area (Å²) in [6.45, 7) is 1.45. The highest BCUT2D eigenvalue weighted by atomic mass is 32.2. The molecule has 0 bridgehead atoms. The van der Waals surface area contributed by atoms with E-state index in [1.165, 1.54) is 31.2 Å². The number of aliphatic carboxylic acids is 1. The Morgan fingerprint density at radius 2 is 1.73 bits per heavy atom. The van der Waals surface area contributed by atoms with Gasteiger partial charge in [-0.1, -0.05) is 6.07 Å². The Morgan fingerprint density at radius 1 is 1.14 bits per heavy atom. The molecule has 0 radical (unpaired) electrons. The van der Waals surface area contributed by atoms with Crippen LogP contribution in [0, 0.1) is 5.82 Å². The van der Waals surface area contributed by atoms with Crippen LogP contribution in [-0.4, -0.2) is 19.5 Å². The number of carboxylic acids is 1. The minimum Gasteiger partial charge on any atom is -0.481 e. The highest BCUT2D eigenvalue weighted by Gasteiger charge is 2.32. The van der Waals surface area contributed by atoms with Gasteiger partial charge >= 0.3 is 5.97 Å². The van der Waals surface area contributed by atoms with E-state index in [9.17, 15) is 17.6 Å². The molecule has 1 atom stereocenters. The lowest BCUT2D eigenvalue weighted by Crippen LogP contribution is -2.13. The number of benzene rings is 2. The molecule has 0 spiro atoms. The molecule has 0 amide bonds. The van der Waals surface area contributed by atoms with Crippen LogP contribution in [-0.2, 0) is 14.6 Å². The number of halogens is 1. The first-order chi connectivity index (χ1) is 10.3. The summed E-state index contributed by atoms with van der Waals surface area (Å²) >= 11 is 0. The number of fused-ring (bicyclic) bond motifs is 2. The van der Waals surface area contributed by atoms with Crippen LogP contribution in [0.3, 0.4) is 0 Å². The highest BCUT2D eigenvalue weighted by Crippen LogP contribution is 2.43. The summed E-state index contributed by atoms with van der Waals surface area (Å²) in [4.78, 5) is 10.6. The molecule has 7 heteroatoms. The van der Waals surface area contributed by atoms with Gasteiger partial charge in [-0.2, -0.15) is 0 Å². The van der Waals surface area contributed by atoms with Crippen molar-refractivity contribution in [3.05, 3.63) is 47.8 Å². The summed E-state index contributed by atoms with van der Waals surface area (Å²) < 4.78 is 44.0. The Hall–Kier alpha value is -2.41. The molecule has 1 aliphatic rings. The number of carboxylic acid groups (broad SMARTS) is 1. The first-order valence-corrected chi connectivity index (χ1v) is 7.88. The fourth-order valence-electron chi connectivity index (χ4n) is 2.24. The van der Waals surface area contributed by atoms with Crippen molar-refractivity contribution in [2.45, 2.75) is 22.6 Å². The van der Waals surface area contributed by atoms with Gasteiger partial charge in [-0.05, 0) is 42.8 Å². The largest absolute Gasteiger partial charge is 0.481 e. The minimum atomic E-state index is -3.96. The molecule has 1 unspecified atom stereocenters. The molecule has 3 rings (SSSR count). The van der Waals surface area contributed by atoms with Gasteiger partial charge in [-0.15, -0.1) is 0 Å². The Bertz CT molecular complexity index is 889. The Labute approximate surface area is 125 Å². The van der Waals surface area contributed by atoms with E-state index >= 15 is 0 Å². The number of ether oxygens (including phenoxy) is 1. The third-order valence-electron chi connectivity index (χ3n) is 3.54. The van der Waals surface area contributed by atoms with Crippen molar-refractivity contribution >= 4 is 15.8 Å². The second kappa shape index (κ2) is 4.81. The van der Waals surface area contributed by atoms with Gasteiger partial charge in [0.05, 0.1) is 5.92 Å². The van der Waals surface area contributed by atoms with Gasteiger partial charge in [0.15, 0.2) is 0 Å². The summed E-state index contributed by atoms with van der Waals surface area (Å²) in [5, 5.41) is 9.03. The second-order valence-corrected chi connectivity index (χ2v) is 6.85. The fourth-order valence-corrected chi connectivity index (χ4v) is 3.79. The molecule has 0 fully saturated rings. The SMILES string of the molecule is CC(C(=O)O)c1ccc2c(c1)S(=O)(=O)c1cc(F)ccc1O2. The van der Waals surface area contributed by atoms with Crippen molar-refractivity contribution in [1.29, 1.82) is 0 Å². The third kappa shape index (κ3) is 2.14.